The Morgan fingerprint density at radius 1 is 1.16 bits per heavy atom. The Kier molecular flexibility index (Phi) is 8.00. The van der Waals surface area contributed by atoms with E-state index >= 15 is 0 Å². The molecule has 3 heterocycles. The largest absolute Gasteiger partial charge is 0.461 e. The van der Waals surface area contributed by atoms with Gasteiger partial charge in [-0.25, -0.2) is 0 Å². The lowest BCUT2D eigenvalue weighted by molar-refractivity contribution is -0.153. The first-order valence-corrected chi connectivity index (χ1v) is 14.7. The number of hydrogen-bond donors (Lipinski definition) is 1. The molecule has 0 aromatic heterocycles. The quantitative estimate of drug-likeness (QED) is 0.359. The van der Waals surface area contributed by atoms with Crippen LogP contribution in [0.4, 0.5) is 0 Å². The Labute approximate surface area is 229 Å². The third-order valence-electron chi connectivity index (χ3n) is 8.90. The van der Waals surface area contributed by atoms with Gasteiger partial charge >= 0.3 is 5.97 Å². The minimum absolute atomic E-state index is 0.0643. The van der Waals surface area contributed by atoms with E-state index in [-0.39, 0.29) is 36.3 Å². The molecule has 204 valence electrons. The van der Waals surface area contributed by atoms with Crippen LogP contribution in [-0.2, 0) is 19.1 Å². The number of aliphatic hydroxyl groups is 1. The first-order chi connectivity index (χ1) is 18.5. The van der Waals surface area contributed by atoms with Crippen LogP contribution in [0.25, 0.3) is 0 Å². The van der Waals surface area contributed by atoms with Crippen LogP contribution >= 0.6 is 11.8 Å². The molecule has 7 nitrogen and oxygen atoms in total. The minimum Gasteiger partial charge on any atom is -0.461 e. The zero-order valence-electron chi connectivity index (χ0n) is 21.9. The second-order valence-electron chi connectivity index (χ2n) is 10.9. The molecule has 2 bridgehead atoms. The molecule has 1 saturated carbocycles. The molecular formula is C30H38N2O5S. The van der Waals surface area contributed by atoms with Crippen LogP contribution in [0, 0.1) is 11.8 Å². The van der Waals surface area contributed by atoms with E-state index in [1.54, 1.807) is 22.7 Å². The van der Waals surface area contributed by atoms with Gasteiger partial charge in [0.1, 0.15) is 12.6 Å². The van der Waals surface area contributed by atoms with Crippen LogP contribution in [0.2, 0.25) is 0 Å². The van der Waals surface area contributed by atoms with Gasteiger partial charge in [0, 0.05) is 17.8 Å². The normalized spacial score (nSPS) is 31.1. The lowest BCUT2D eigenvalue weighted by Gasteiger charge is -2.42. The summed E-state index contributed by atoms with van der Waals surface area (Å²) >= 11 is 1.62. The van der Waals surface area contributed by atoms with Crippen LogP contribution in [0.5, 0.6) is 0 Å². The van der Waals surface area contributed by atoms with E-state index in [0.29, 0.717) is 13.0 Å². The summed E-state index contributed by atoms with van der Waals surface area (Å²) < 4.78 is 4.74. The van der Waals surface area contributed by atoms with Crippen molar-refractivity contribution in [2.45, 2.75) is 73.1 Å². The van der Waals surface area contributed by atoms with Crippen LogP contribution in [0.3, 0.4) is 0 Å². The fourth-order valence-corrected chi connectivity index (χ4v) is 9.54. The number of hydrogen-bond acceptors (Lipinski definition) is 6. The highest BCUT2D eigenvalue weighted by atomic mass is 32.2. The fourth-order valence-electron chi connectivity index (χ4n) is 7.35. The lowest BCUT2D eigenvalue weighted by atomic mass is 9.71. The molecule has 38 heavy (non-hydrogen) atoms. The highest BCUT2D eigenvalue weighted by Gasteiger charge is 2.75. The molecule has 2 unspecified atom stereocenters. The van der Waals surface area contributed by atoms with Crippen molar-refractivity contribution in [1.29, 1.82) is 0 Å². The SMILES string of the molecule is C=CCOC(=O)[C@@H]1[C@H]2C(=O)N([C@H](CO)c3ccccc3)C(C(=O)N(CC=C)C3CCCCC3)C23CC[C@H]1S3. The van der Waals surface area contributed by atoms with E-state index in [0.717, 1.165) is 37.7 Å². The number of aliphatic hydroxyl groups excluding tert-OH is 1. The number of carbonyl (C=O) groups is 3. The molecule has 3 aliphatic heterocycles. The molecule has 0 radical (unpaired) electrons. The maximum atomic E-state index is 14.7. The van der Waals surface area contributed by atoms with Gasteiger partial charge in [0.05, 0.1) is 29.2 Å². The van der Waals surface area contributed by atoms with Gasteiger partial charge in [-0.1, -0.05) is 68.3 Å². The summed E-state index contributed by atoms with van der Waals surface area (Å²) in [6, 6.07) is 8.04. The van der Waals surface area contributed by atoms with Gasteiger partial charge < -0.3 is 19.6 Å². The first kappa shape index (κ1) is 27.0. The van der Waals surface area contributed by atoms with Gasteiger partial charge in [0.2, 0.25) is 11.8 Å². The summed E-state index contributed by atoms with van der Waals surface area (Å²) in [5.41, 5.74) is 0.774. The van der Waals surface area contributed by atoms with Gasteiger partial charge in [-0.15, -0.1) is 18.3 Å². The smallest absolute Gasteiger partial charge is 0.311 e. The van der Waals surface area contributed by atoms with Crippen molar-refractivity contribution in [3.63, 3.8) is 0 Å². The van der Waals surface area contributed by atoms with Gasteiger partial charge in [-0.05, 0) is 31.2 Å². The Morgan fingerprint density at radius 3 is 2.55 bits per heavy atom. The molecule has 8 heteroatoms. The Bertz CT molecular complexity index is 1070. The van der Waals surface area contributed by atoms with Gasteiger partial charge in [-0.2, -0.15) is 0 Å². The second kappa shape index (κ2) is 11.3. The van der Waals surface area contributed by atoms with E-state index in [2.05, 4.69) is 13.2 Å². The first-order valence-electron chi connectivity index (χ1n) is 13.8. The van der Waals surface area contributed by atoms with Crippen molar-refractivity contribution >= 4 is 29.5 Å². The molecule has 4 aliphatic rings. The lowest BCUT2D eigenvalue weighted by Crippen LogP contribution is -2.57. The van der Waals surface area contributed by atoms with E-state index in [9.17, 15) is 19.5 Å². The molecule has 1 aromatic carbocycles. The average molecular weight is 539 g/mol. The molecule has 1 N–H and O–H groups in total. The number of benzene rings is 1. The van der Waals surface area contributed by atoms with Crippen molar-refractivity contribution in [3.8, 4) is 0 Å². The molecule has 5 rings (SSSR count). The molecule has 1 aliphatic carbocycles. The number of amides is 2. The summed E-state index contributed by atoms with van der Waals surface area (Å²) in [5.74, 6) is -1.99. The van der Waals surface area contributed by atoms with Crippen molar-refractivity contribution in [2.75, 3.05) is 19.8 Å². The predicted octanol–water partition coefficient (Wildman–Crippen LogP) is 3.89. The number of rotatable bonds is 10. The summed E-state index contributed by atoms with van der Waals surface area (Å²) in [5, 5.41) is 10.6. The number of ether oxygens (including phenoxy) is 1. The molecule has 4 fully saturated rings. The maximum absolute atomic E-state index is 14.7. The maximum Gasteiger partial charge on any atom is 0.311 e. The number of esters is 1. The van der Waals surface area contributed by atoms with E-state index in [1.807, 2.05) is 35.2 Å². The third kappa shape index (κ3) is 4.39. The highest BCUT2D eigenvalue weighted by Crippen LogP contribution is 2.67. The van der Waals surface area contributed by atoms with E-state index in [1.165, 1.54) is 12.5 Å². The van der Waals surface area contributed by atoms with Crippen molar-refractivity contribution in [2.24, 2.45) is 11.8 Å². The predicted molar refractivity (Wildman–Crippen MR) is 147 cm³/mol. The number of thioether (sulfide) groups is 1. The van der Waals surface area contributed by atoms with E-state index < -0.39 is 34.6 Å². The monoisotopic (exact) mass is 538 g/mol. The third-order valence-corrected chi connectivity index (χ3v) is 10.9. The number of fused-ring (bicyclic) bond motifs is 1. The second-order valence-corrected chi connectivity index (χ2v) is 12.5. The van der Waals surface area contributed by atoms with Crippen molar-refractivity contribution in [1.82, 2.24) is 9.80 Å². The molecule has 3 saturated heterocycles. The zero-order valence-corrected chi connectivity index (χ0v) is 22.7. The highest BCUT2D eigenvalue weighted by molar-refractivity contribution is 8.02. The molecular weight excluding hydrogens is 500 g/mol. The standard InChI is InChI=1S/C30H38N2O5S/c1-3-17-31(21-13-9-6-10-14-21)28(35)26-30-16-15-23(38-30)24(29(36)37-18-4-2)25(30)27(34)32(26)22(19-33)20-11-7-5-8-12-20/h3-5,7-8,11-12,21-26,33H,1-2,6,9-10,13-19H2/t22-,23-,24+,25+,26?,30?/m1/s1. The van der Waals surface area contributed by atoms with Crippen LogP contribution in [0.15, 0.2) is 55.6 Å². The molecule has 6 atom stereocenters. The summed E-state index contributed by atoms with van der Waals surface area (Å²) in [6.45, 7) is 7.75. The summed E-state index contributed by atoms with van der Waals surface area (Å²) in [7, 11) is 0. The summed E-state index contributed by atoms with van der Waals surface area (Å²) in [4.78, 5) is 45.9. The van der Waals surface area contributed by atoms with Crippen LogP contribution in [-0.4, -0.2) is 74.5 Å². The summed E-state index contributed by atoms with van der Waals surface area (Å²) in [6.07, 6.45) is 9.90. The van der Waals surface area contributed by atoms with Crippen molar-refractivity contribution in [3.05, 3.63) is 61.2 Å². The molecule has 1 spiro atoms. The number of likely N-dealkylation sites (tertiary alicyclic amines) is 1. The Morgan fingerprint density at radius 2 is 1.89 bits per heavy atom. The van der Waals surface area contributed by atoms with Crippen LogP contribution < -0.4 is 0 Å². The fraction of sp³-hybridized carbons (Fsp3) is 0.567. The van der Waals surface area contributed by atoms with E-state index in [4.69, 9.17) is 4.74 Å². The Balaban J connectivity index is 1.59. The Hall–Kier alpha value is -2.58. The van der Waals surface area contributed by atoms with Crippen LogP contribution in [0.1, 0.15) is 56.6 Å². The minimum atomic E-state index is -0.772. The molecule has 2 amide bonds. The van der Waals surface area contributed by atoms with Gasteiger partial charge in [0.15, 0.2) is 0 Å². The average Bonchev–Trinajstić information content (AvgIpc) is 3.59. The number of nitrogens with zero attached hydrogens (tertiary/aromatic N) is 2. The molecule has 1 aromatic rings. The van der Waals surface area contributed by atoms with Gasteiger partial charge in [0.25, 0.3) is 0 Å². The van der Waals surface area contributed by atoms with Crippen molar-refractivity contribution < 1.29 is 24.2 Å². The topological polar surface area (TPSA) is 87.1 Å². The van der Waals surface area contributed by atoms with Gasteiger partial charge in [-0.3, -0.25) is 14.4 Å². The zero-order chi connectivity index (χ0) is 26.9. The number of carbonyl (C=O) groups excluding carboxylic acids is 3.